The number of nitrogens with one attached hydrogen (secondary N) is 1. The molecule has 0 saturated carbocycles. The van der Waals surface area contributed by atoms with E-state index >= 15 is 0 Å². The number of pyridine rings is 1. The largest absolute Gasteiger partial charge is 0.271 e. The molecule has 2 heterocycles. The summed E-state index contributed by atoms with van der Waals surface area (Å²) in [5.41, 5.74) is 4.87. The Bertz CT molecular complexity index is 477. The maximum atomic E-state index is 6.11. The molecule has 0 radical (unpaired) electrons. The lowest BCUT2D eigenvalue weighted by Crippen LogP contribution is -2.30. The second-order valence-corrected chi connectivity index (χ2v) is 4.53. The second kappa shape index (κ2) is 5.95. The van der Waals surface area contributed by atoms with Crippen LogP contribution in [0.3, 0.4) is 0 Å². The number of hydrogen-bond donors (Lipinski definition) is 2. The van der Waals surface area contributed by atoms with Crippen molar-refractivity contribution >= 4 is 11.6 Å². The van der Waals surface area contributed by atoms with Crippen molar-refractivity contribution in [1.82, 2.24) is 20.2 Å². The van der Waals surface area contributed by atoms with Crippen LogP contribution >= 0.6 is 11.6 Å². The maximum Gasteiger partial charge on any atom is 0.0834 e. The molecule has 0 aromatic carbocycles. The molecule has 0 aliphatic carbocycles. The zero-order valence-electron chi connectivity index (χ0n) is 10.2. The number of nitrogens with zero attached hydrogens (tertiary/aromatic N) is 3. The van der Waals surface area contributed by atoms with Gasteiger partial charge in [0, 0.05) is 19.4 Å². The van der Waals surface area contributed by atoms with E-state index in [1.165, 1.54) is 5.56 Å². The van der Waals surface area contributed by atoms with E-state index in [1.54, 1.807) is 17.1 Å². The van der Waals surface area contributed by atoms with Crippen LogP contribution in [0.4, 0.5) is 0 Å². The van der Waals surface area contributed by atoms with Crippen LogP contribution in [0.25, 0.3) is 0 Å². The van der Waals surface area contributed by atoms with Crippen molar-refractivity contribution in [3.05, 3.63) is 47.0 Å². The summed E-state index contributed by atoms with van der Waals surface area (Å²) in [6.45, 7) is 0. The van der Waals surface area contributed by atoms with Crippen LogP contribution in [0.2, 0.25) is 5.02 Å². The molecule has 0 aliphatic heterocycles. The van der Waals surface area contributed by atoms with Crippen molar-refractivity contribution in [1.29, 1.82) is 0 Å². The minimum absolute atomic E-state index is 0.0230. The fourth-order valence-corrected chi connectivity index (χ4v) is 2.27. The van der Waals surface area contributed by atoms with Gasteiger partial charge in [0.15, 0.2) is 0 Å². The molecular formula is C12H16ClN5. The molecule has 0 bridgehead atoms. The summed E-state index contributed by atoms with van der Waals surface area (Å²) >= 11 is 6.11. The van der Waals surface area contributed by atoms with Crippen LogP contribution in [0, 0.1) is 0 Å². The molecule has 5 nitrogen and oxygen atoms in total. The first-order valence-electron chi connectivity index (χ1n) is 5.74. The van der Waals surface area contributed by atoms with E-state index in [2.05, 4.69) is 15.5 Å². The molecular weight excluding hydrogens is 250 g/mol. The van der Waals surface area contributed by atoms with Gasteiger partial charge in [-0.1, -0.05) is 17.7 Å². The monoisotopic (exact) mass is 265 g/mol. The molecule has 18 heavy (non-hydrogen) atoms. The highest BCUT2D eigenvalue weighted by atomic mass is 35.5. The lowest BCUT2D eigenvalue weighted by atomic mass is 10.0. The lowest BCUT2D eigenvalue weighted by molar-refractivity contribution is 0.480. The van der Waals surface area contributed by atoms with Crippen molar-refractivity contribution in [3.8, 4) is 0 Å². The number of nitrogens with two attached hydrogens (primary N) is 1. The Hall–Kier alpha value is -1.43. The topological polar surface area (TPSA) is 68.8 Å². The Morgan fingerprint density at radius 3 is 2.89 bits per heavy atom. The van der Waals surface area contributed by atoms with E-state index in [9.17, 15) is 0 Å². The number of hydrazine groups is 1. The quantitative estimate of drug-likeness (QED) is 0.637. The van der Waals surface area contributed by atoms with E-state index in [-0.39, 0.29) is 6.04 Å². The third kappa shape index (κ3) is 2.87. The average molecular weight is 266 g/mol. The minimum Gasteiger partial charge on any atom is -0.271 e. The predicted molar refractivity (Wildman–Crippen MR) is 70.8 cm³/mol. The molecule has 3 N–H and O–H groups in total. The zero-order chi connectivity index (χ0) is 13.0. The number of rotatable bonds is 5. The van der Waals surface area contributed by atoms with Gasteiger partial charge in [0.05, 0.1) is 23.0 Å². The Balaban J connectivity index is 2.07. The molecule has 0 aliphatic rings. The molecule has 2 aromatic rings. The van der Waals surface area contributed by atoms with Gasteiger partial charge in [-0.2, -0.15) is 5.10 Å². The van der Waals surface area contributed by atoms with Crippen LogP contribution in [-0.4, -0.2) is 14.8 Å². The van der Waals surface area contributed by atoms with E-state index < -0.39 is 0 Å². The summed E-state index contributed by atoms with van der Waals surface area (Å²) in [6, 6.07) is 3.95. The van der Waals surface area contributed by atoms with Crippen molar-refractivity contribution in [2.24, 2.45) is 12.9 Å². The number of aryl methyl sites for hydroxylation is 2. The fraction of sp³-hybridized carbons (Fsp3) is 0.333. The van der Waals surface area contributed by atoms with Crippen molar-refractivity contribution in [2.75, 3.05) is 0 Å². The van der Waals surface area contributed by atoms with Crippen LogP contribution < -0.4 is 11.3 Å². The summed E-state index contributed by atoms with van der Waals surface area (Å²) in [5, 5.41) is 4.75. The van der Waals surface area contributed by atoms with E-state index in [0.29, 0.717) is 5.02 Å². The molecule has 6 heteroatoms. The third-order valence-electron chi connectivity index (χ3n) is 2.91. The molecule has 96 valence electrons. The first-order chi connectivity index (χ1) is 8.72. The highest BCUT2D eigenvalue weighted by Gasteiger charge is 2.17. The summed E-state index contributed by atoms with van der Waals surface area (Å²) in [4.78, 5) is 4.09. The van der Waals surface area contributed by atoms with Gasteiger partial charge in [0.25, 0.3) is 0 Å². The molecule has 2 rings (SSSR count). The van der Waals surface area contributed by atoms with Crippen molar-refractivity contribution in [2.45, 2.75) is 18.9 Å². The fourth-order valence-electron chi connectivity index (χ4n) is 1.97. The maximum absolute atomic E-state index is 6.11. The van der Waals surface area contributed by atoms with Crippen LogP contribution in [-0.2, 0) is 13.5 Å². The number of halogens is 1. The Morgan fingerprint density at radius 2 is 2.33 bits per heavy atom. The molecule has 0 saturated heterocycles. The Morgan fingerprint density at radius 1 is 1.50 bits per heavy atom. The van der Waals surface area contributed by atoms with Gasteiger partial charge >= 0.3 is 0 Å². The van der Waals surface area contributed by atoms with Crippen molar-refractivity contribution in [3.63, 3.8) is 0 Å². The SMILES string of the molecule is Cn1ncc(Cl)c1C(CCc1cccnc1)NN. The second-order valence-electron chi connectivity index (χ2n) is 4.12. The molecule has 0 amide bonds. The smallest absolute Gasteiger partial charge is 0.0834 e. The van der Waals surface area contributed by atoms with Crippen LogP contribution in [0.15, 0.2) is 30.7 Å². The molecule has 1 unspecified atom stereocenters. The van der Waals surface area contributed by atoms with E-state index in [4.69, 9.17) is 17.4 Å². The van der Waals surface area contributed by atoms with Crippen LogP contribution in [0.5, 0.6) is 0 Å². The predicted octanol–water partition coefficient (Wildman–Crippen LogP) is 1.61. The normalized spacial score (nSPS) is 12.6. The van der Waals surface area contributed by atoms with Gasteiger partial charge in [0.1, 0.15) is 0 Å². The van der Waals surface area contributed by atoms with Gasteiger partial charge in [-0.05, 0) is 24.5 Å². The standard InChI is InChI=1S/C12H16ClN5/c1-18-12(10(13)8-16-18)11(17-14)5-4-9-3-2-6-15-7-9/h2-3,6-8,11,17H,4-5,14H2,1H3. The molecule has 2 aromatic heterocycles. The van der Waals surface area contributed by atoms with Crippen LogP contribution in [0.1, 0.15) is 23.7 Å². The van der Waals surface area contributed by atoms with E-state index in [0.717, 1.165) is 18.5 Å². The molecule has 0 fully saturated rings. The summed E-state index contributed by atoms with van der Waals surface area (Å²) in [6.07, 6.45) is 6.97. The Labute approximate surface area is 111 Å². The lowest BCUT2D eigenvalue weighted by Gasteiger charge is -2.16. The summed E-state index contributed by atoms with van der Waals surface area (Å²) in [7, 11) is 1.86. The first kappa shape index (κ1) is 13.0. The molecule has 0 spiro atoms. The van der Waals surface area contributed by atoms with Gasteiger partial charge in [-0.25, -0.2) is 0 Å². The van der Waals surface area contributed by atoms with Crippen molar-refractivity contribution < 1.29 is 0 Å². The van der Waals surface area contributed by atoms with E-state index in [1.807, 2.05) is 25.4 Å². The number of hydrogen-bond acceptors (Lipinski definition) is 4. The molecule has 1 atom stereocenters. The summed E-state index contributed by atoms with van der Waals surface area (Å²) in [5.74, 6) is 5.60. The first-order valence-corrected chi connectivity index (χ1v) is 6.12. The minimum atomic E-state index is -0.0230. The van der Waals surface area contributed by atoms with Gasteiger partial charge in [-0.3, -0.25) is 20.9 Å². The average Bonchev–Trinajstić information content (AvgIpc) is 2.73. The third-order valence-corrected chi connectivity index (χ3v) is 3.20. The van der Waals surface area contributed by atoms with Gasteiger partial charge in [0.2, 0.25) is 0 Å². The van der Waals surface area contributed by atoms with Gasteiger partial charge in [-0.15, -0.1) is 0 Å². The summed E-state index contributed by atoms with van der Waals surface area (Å²) < 4.78 is 1.75. The highest BCUT2D eigenvalue weighted by molar-refractivity contribution is 6.31. The zero-order valence-corrected chi connectivity index (χ0v) is 10.9. The van der Waals surface area contributed by atoms with Gasteiger partial charge < -0.3 is 0 Å². The highest BCUT2D eigenvalue weighted by Crippen LogP contribution is 2.24. The Kier molecular flexibility index (Phi) is 4.30. The number of aromatic nitrogens is 3.